The first kappa shape index (κ1) is 13.9. The standard InChI is InChI=1S/C15H21NO3/c1-12-16(10-3-11-19-12)15(17)9-6-13-4-7-14(18-2)8-5-13/h4-5,7-8,12H,3,6,9-11H2,1-2H3. The van der Waals surface area contributed by atoms with E-state index in [-0.39, 0.29) is 12.1 Å². The van der Waals surface area contributed by atoms with Crippen LogP contribution in [0, 0.1) is 0 Å². The molecule has 0 aliphatic carbocycles. The van der Waals surface area contributed by atoms with E-state index in [2.05, 4.69) is 0 Å². The summed E-state index contributed by atoms with van der Waals surface area (Å²) in [7, 11) is 1.65. The Morgan fingerprint density at radius 2 is 2.16 bits per heavy atom. The van der Waals surface area contributed by atoms with Crippen LogP contribution in [0.3, 0.4) is 0 Å². The molecule has 1 aliphatic rings. The number of benzene rings is 1. The molecule has 1 heterocycles. The van der Waals surface area contributed by atoms with Crippen molar-refractivity contribution in [1.29, 1.82) is 0 Å². The molecule has 1 saturated heterocycles. The molecule has 2 rings (SSSR count). The minimum atomic E-state index is -0.0860. The fraction of sp³-hybridized carbons (Fsp3) is 0.533. The number of carbonyl (C=O) groups is 1. The Kier molecular flexibility index (Phi) is 4.80. The second-order valence-corrected chi connectivity index (χ2v) is 4.76. The van der Waals surface area contributed by atoms with Gasteiger partial charge in [-0.15, -0.1) is 0 Å². The minimum absolute atomic E-state index is 0.0860. The second-order valence-electron chi connectivity index (χ2n) is 4.76. The van der Waals surface area contributed by atoms with E-state index in [0.717, 1.165) is 37.3 Å². The second kappa shape index (κ2) is 6.57. The van der Waals surface area contributed by atoms with E-state index >= 15 is 0 Å². The van der Waals surface area contributed by atoms with Crippen molar-refractivity contribution in [2.24, 2.45) is 0 Å². The van der Waals surface area contributed by atoms with E-state index in [1.807, 2.05) is 36.1 Å². The highest BCUT2D eigenvalue weighted by Crippen LogP contribution is 2.15. The molecule has 0 bridgehead atoms. The van der Waals surface area contributed by atoms with Gasteiger partial charge in [0.15, 0.2) is 0 Å². The van der Waals surface area contributed by atoms with Crippen molar-refractivity contribution in [2.75, 3.05) is 20.3 Å². The van der Waals surface area contributed by atoms with Gasteiger partial charge in [-0.1, -0.05) is 12.1 Å². The molecular formula is C15H21NO3. The molecular weight excluding hydrogens is 242 g/mol. The summed E-state index contributed by atoms with van der Waals surface area (Å²) < 4.78 is 10.6. The molecule has 4 nitrogen and oxygen atoms in total. The summed E-state index contributed by atoms with van der Waals surface area (Å²) in [5.41, 5.74) is 1.15. The maximum Gasteiger partial charge on any atom is 0.224 e. The van der Waals surface area contributed by atoms with Crippen LogP contribution >= 0.6 is 0 Å². The molecule has 0 spiro atoms. The predicted molar refractivity (Wildman–Crippen MR) is 73.1 cm³/mol. The van der Waals surface area contributed by atoms with Crippen LogP contribution in [0.4, 0.5) is 0 Å². The zero-order valence-electron chi connectivity index (χ0n) is 11.6. The summed E-state index contributed by atoms with van der Waals surface area (Å²) in [5.74, 6) is 1.01. The highest BCUT2D eigenvalue weighted by Gasteiger charge is 2.23. The number of aryl methyl sites for hydroxylation is 1. The van der Waals surface area contributed by atoms with E-state index in [1.165, 1.54) is 0 Å². The lowest BCUT2D eigenvalue weighted by atomic mass is 10.1. The number of rotatable bonds is 4. The van der Waals surface area contributed by atoms with E-state index in [4.69, 9.17) is 9.47 Å². The largest absolute Gasteiger partial charge is 0.497 e. The van der Waals surface area contributed by atoms with Crippen molar-refractivity contribution in [3.05, 3.63) is 29.8 Å². The quantitative estimate of drug-likeness (QED) is 0.836. The first-order chi connectivity index (χ1) is 9.20. The van der Waals surface area contributed by atoms with E-state index < -0.39 is 0 Å². The summed E-state index contributed by atoms with van der Waals surface area (Å²) in [6, 6.07) is 7.85. The zero-order chi connectivity index (χ0) is 13.7. The number of methoxy groups -OCH3 is 1. The lowest BCUT2D eigenvalue weighted by molar-refractivity contribution is -0.151. The summed E-state index contributed by atoms with van der Waals surface area (Å²) in [6.45, 7) is 3.50. The lowest BCUT2D eigenvalue weighted by Crippen LogP contribution is -2.44. The molecule has 19 heavy (non-hydrogen) atoms. The van der Waals surface area contributed by atoms with Gasteiger partial charge < -0.3 is 14.4 Å². The van der Waals surface area contributed by atoms with Crippen molar-refractivity contribution >= 4 is 5.91 Å². The highest BCUT2D eigenvalue weighted by molar-refractivity contribution is 5.76. The van der Waals surface area contributed by atoms with Gasteiger partial charge >= 0.3 is 0 Å². The van der Waals surface area contributed by atoms with Gasteiger partial charge in [-0.3, -0.25) is 4.79 Å². The highest BCUT2D eigenvalue weighted by atomic mass is 16.5. The molecule has 1 unspecified atom stereocenters. The first-order valence-electron chi connectivity index (χ1n) is 6.74. The Morgan fingerprint density at radius 3 is 2.79 bits per heavy atom. The van der Waals surface area contributed by atoms with Crippen molar-refractivity contribution in [3.63, 3.8) is 0 Å². The Bertz CT molecular complexity index is 416. The third-order valence-electron chi connectivity index (χ3n) is 3.45. The SMILES string of the molecule is COc1ccc(CCC(=O)N2CCCOC2C)cc1. The van der Waals surface area contributed by atoms with Gasteiger partial charge in [0.05, 0.1) is 13.7 Å². The van der Waals surface area contributed by atoms with Crippen LogP contribution in [0.2, 0.25) is 0 Å². The summed E-state index contributed by atoms with van der Waals surface area (Å²) in [5, 5.41) is 0. The monoisotopic (exact) mass is 263 g/mol. The number of ether oxygens (including phenoxy) is 2. The third kappa shape index (κ3) is 3.70. The number of carbonyl (C=O) groups excluding carboxylic acids is 1. The van der Waals surface area contributed by atoms with Crippen LogP contribution in [0.1, 0.15) is 25.3 Å². The molecule has 1 amide bonds. The van der Waals surface area contributed by atoms with Crippen molar-refractivity contribution in [2.45, 2.75) is 32.4 Å². The summed E-state index contributed by atoms with van der Waals surface area (Å²) in [4.78, 5) is 14.0. The van der Waals surface area contributed by atoms with Gasteiger partial charge in [-0.25, -0.2) is 0 Å². The van der Waals surface area contributed by atoms with E-state index in [0.29, 0.717) is 6.42 Å². The molecule has 0 aromatic heterocycles. The smallest absolute Gasteiger partial charge is 0.224 e. The molecule has 0 radical (unpaired) electrons. The molecule has 104 valence electrons. The van der Waals surface area contributed by atoms with Gasteiger partial charge in [-0.2, -0.15) is 0 Å². The maximum absolute atomic E-state index is 12.1. The topological polar surface area (TPSA) is 38.8 Å². The first-order valence-corrected chi connectivity index (χ1v) is 6.74. The fourth-order valence-electron chi connectivity index (χ4n) is 2.28. The zero-order valence-corrected chi connectivity index (χ0v) is 11.6. The fourth-order valence-corrected chi connectivity index (χ4v) is 2.28. The van der Waals surface area contributed by atoms with E-state index in [9.17, 15) is 4.79 Å². The van der Waals surface area contributed by atoms with Gasteiger partial charge in [0, 0.05) is 13.0 Å². The Morgan fingerprint density at radius 1 is 1.42 bits per heavy atom. The predicted octanol–water partition coefficient (Wildman–Crippen LogP) is 2.22. The van der Waals surface area contributed by atoms with Gasteiger partial charge in [0.1, 0.15) is 12.0 Å². The number of hydrogen-bond acceptors (Lipinski definition) is 3. The summed E-state index contributed by atoms with van der Waals surface area (Å²) in [6.07, 6.45) is 2.13. The molecule has 1 aliphatic heterocycles. The van der Waals surface area contributed by atoms with Crippen LogP contribution in [0.5, 0.6) is 5.75 Å². The van der Waals surface area contributed by atoms with Crippen LogP contribution in [0.15, 0.2) is 24.3 Å². The Hall–Kier alpha value is -1.55. The Labute approximate surface area is 114 Å². The van der Waals surface area contributed by atoms with Crippen molar-refractivity contribution < 1.29 is 14.3 Å². The Balaban J connectivity index is 1.85. The molecule has 1 atom stereocenters. The van der Waals surface area contributed by atoms with Crippen LogP contribution in [0.25, 0.3) is 0 Å². The van der Waals surface area contributed by atoms with E-state index in [1.54, 1.807) is 7.11 Å². The molecule has 4 heteroatoms. The molecule has 0 saturated carbocycles. The molecule has 1 aromatic carbocycles. The number of amides is 1. The molecule has 0 N–H and O–H groups in total. The molecule has 1 aromatic rings. The minimum Gasteiger partial charge on any atom is -0.497 e. The van der Waals surface area contributed by atoms with Crippen molar-refractivity contribution in [1.82, 2.24) is 4.90 Å². The van der Waals surface area contributed by atoms with Crippen molar-refractivity contribution in [3.8, 4) is 5.75 Å². The van der Waals surface area contributed by atoms with Crippen LogP contribution < -0.4 is 4.74 Å². The lowest BCUT2D eigenvalue weighted by Gasteiger charge is -2.33. The average Bonchev–Trinajstić information content (AvgIpc) is 2.46. The van der Waals surface area contributed by atoms with Crippen LogP contribution in [-0.2, 0) is 16.0 Å². The summed E-state index contributed by atoms with van der Waals surface area (Å²) >= 11 is 0. The van der Waals surface area contributed by atoms with Gasteiger partial charge in [0.2, 0.25) is 5.91 Å². The maximum atomic E-state index is 12.1. The molecule has 1 fully saturated rings. The average molecular weight is 263 g/mol. The normalized spacial score (nSPS) is 19.3. The van der Waals surface area contributed by atoms with Gasteiger partial charge in [-0.05, 0) is 37.5 Å². The third-order valence-corrected chi connectivity index (χ3v) is 3.45. The van der Waals surface area contributed by atoms with Gasteiger partial charge in [0.25, 0.3) is 0 Å². The number of nitrogens with zero attached hydrogens (tertiary/aromatic N) is 1. The number of hydrogen-bond donors (Lipinski definition) is 0. The van der Waals surface area contributed by atoms with Crippen LogP contribution in [-0.4, -0.2) is 37.3 Å².